The Balaban J connectivity index is 2.12. The molecule has 6 nitrogen and oxygen atoms in total. The maximum Gasteiger partial charge on any atom is 0.271 e. The first-order chi connectivity index (χ1) is 8.58. The second-order valence-corrected chi connectivity index (χ2v) is 4.09. The van der Waals surface area contributed by atoms with Crippen LogP contribution in [0.15, 0.2) is 35.4 Å². The van der Waals surface area contributed by atoms with Crippen molar-refractivity contribution in [3.63, 3.8) is 0 Å². The molecule has 0 radical (unpaired) electrons. The second-order valence-electron chi connectivity index (χ2n) is 4.09. The molecular weight excluding hydrogens is 234 g/mol. The van der Waals surface area contributed by atoms with Crippen molar-refractivity contribution in [2.75, 3.05) is 18.4 Å². The Kier molecular flexibility index (Phi) is 3.38. The SMILES string of the molecule is CC(C(=O)Nc1cccc([N+](=O)[O-])c1)=C1CNC1. The Bertz CT molecular complexity index is 531. The van der Waals surface area contributed by atoms with Crippen LogP contribution in [0.3, 0.4) is 0 Å². The monoisotopic (exact) mass is 247 g/mol. The van der Waals surface area contributed by atoms with E-state index in [-0.39, 0.29) is 11.6 Å². The van der Waals surface area contributed by atoms with Crippen molar-refractivity contribution in [1.29, 1.82) is 0 Å². The van der Waals surface area contributed by atoms with Crippen LogP contribution in [0, 0.1) is 10.1 Å². The first kappa shape index (κ1) is 12.3. The van der Waals surface area contributed by atoms with Gasteiger partial charge in [0.05, 0.1) is 4.92 Å². The van der Waals surface area contributed by atoms with E-state index in [1.807, 2.05) is 0 Å². The van der Waals surface area contributed by atoms with Gasteiger partial charge in [-0.1, -0.05) is 6.07 Å². The molecule has 0 aromatic heterocycles. The van der Waals surface area contributed by atoms with E-state index in [4.69, 9.17) is 0 Å². The summed E-state index contributed by atoms with van der Waals surface area (Å²) < 4.78 is 0. The number of nitrogens with one attached hydrogen (secondary N) is 2. The third-order valence-electron chi connectivity index (χ3n) is 2.86. The fourth-order valence-electron chi connectivity index (χ4n) is 1.60. The smallest absolute Gasteiger partial charge is 0.271 e. The molecule has 1 aliphatic rings. The Morgan fingerprint density at radius 2 is 2.17 bits per heavy atom. The minimum Gasteiger partial charge on any atom is -0.322 e. The standard InChI is InChI=1S/C12H13N3O3/c1-8(9-6-13-7-9)12(16)14-10-3-2-4-11(5-10)15(17)18/h2-5,13H,6-7H2,1H3,(H,14,16). The highest BCUT2D eigenvalue weighted by molar-refractivity contribution is 6.04. The molecule has 0 aliphatic carbocycles. The lowest BCUT2D eigenvalue weighted by atomic mass is 10.0. The summed E-state index contributed by atoms with van der Waals surface area (Å²) in [4.78, 5) is 22.0. The zero-order valence-electron chi connectivity index (χ0n) is 9.90. The number of nitro groups is 1. The number of anilines is 1. The van der Waals surface area contributed by atoms with Crippen molar-refractivity contribution in [3.8, 4) is 0 Å². The van der Waals surface area contributed by atoms with Crippen LogP contribution >= 0.6 is 0 Å². The fraction of sp³-hybridized carbons (Fsp3) is 0.250. The molecule has 1 saturated heterocycles. The number of hydrogen-bond donors (Lipinski definition) is 2. The van der Waals surface area contributed by atoms with Crippen molar-refractivity contribution in [2.45, 2.75) is 6.92 Å². The molecule has 1 fully saturated rings. The second kappa shape index (κ2) is 4.97. The number of rotatable bonds is 3. The summed E-state index contributed by atoms with van der Waals surface area (Å²) in [6.45, 7) is 3.21. The van der Waals surface area contributed by atoms with Gasteiger partial charge in [0, 0.05) is 36.5 Å². The third kappa shape index (κ3) is 2.54. The highest BCUT2D eigenvalue weighted by atomic mass is 16.6. The van der Waals surface area contributed by atoms with Gasteiger partial charge < -0.3 is 10.6 Å². The van der Waals surface area contributed by atoms with E-state index in [0.717, 1.165) is 18.7 Å². The number of non-ortho nitro benzene ring substituents is 1. The van der Waals surface area contributed by atoms with Crippen LogP contribution in [0.4, 0.5) is 11.4 Å². The first-order valence-electron chi connectivity index (χ1n) is 5.53. The Hall–Kier alpha value is -2.21. The van der Waals surface area contributed by atoms with E-state index in [1.165, 1.54) is 12.1 Å². The average molecular weight is 247 g/mol. The van der Waals surface area contributed by atoms with Gasteiger partial charge in [0.1, 0.15) is 0 Å². The largest absolute Gasteiger partial charge is 0.322 e. The zero-order chi connectivity index (χ0) is 13.1. The van der Waals surface area contributed by atoms with Crippen molar-refractivity contribution in [2.24, 2.45) is 0 Å². The molecule has 1 aromatic rings. The molecule has 94 valence electrons. The minimum absolute atomic E-state index is 0.0385. The van der Waals surface area contributed by atoms with Gasteiger partial charge in [-0.15, -0.1) is 0 Å². The molecule has 1 amide bonds. The van der Waals surface area contributed by atoms with E-state index in [9.17, 15) is 14.9 Å². The van der Waals surface area contributed by atoms with Crippen LogP contribution in [0.2, 0.25) is 0 Å². The Labute approximate surface area is 104 Å². The topological polar surface area (TPSA) is 84.3 Å². The number of nitrogens with zero attached hydrogens (tertiary/aromatic N) is 1. The Morgan fingerprint density at radius 3 is 2.72 bits per heavy atom. The van der Waals surface area contributed by atoms with Gasteiger partial charge in [0.15, 0.2) is 0 Å². The van der Waals surface area contributed by atoms with Gasteiger partial charge in [-0.05, 0) is 18.6 Å². The molecule has 2 rings (SSSR count). The molecule has 1 heterocycles. The van der Waals surface area contributed by atoms with Crippen molar-refractivity contribution >= 4 is 17.3 Å². The molecule has 0 spiro atoms. The molecule has 1 aliphatic heterocycles. The van der Waals surface area contributed by atoms with Crippen molar-refractivity contribution < 1.29 is 9.72 Å². The van der Waals surface area contributed by atoms with E-state index < -0.39 is 4.92 Å². The predicted molar refractivity (Wildman–Crippen MR) is 67.3 cm³/mol. The highest BCUT2D eigenvalue weighted by Gasteiger charge is 2.16. The van der Waals surface area contributed by atoms with Crippen LogP contribution in [0.25, 0.3) is 0 Å². The molecule has 6 heteroatoms. The molecular formula is C12H13N3O3. The number of carbonyl (C=O) groups is 1. The van der Waals surface area contributed by atoms with Crippen LogP contribution in [-0.4, -0.2) is 23.9 Å². The third-order valence-corrected chi connectivity index (χ3v) is 2.86. The van der Waals surface area contributed by atoms with Gasteiger partial charge in [0.25, 0.3) is 11.6 Å². The Morgan fingerprint density at radius 1 is 1.44 bits per heavy atom. The normalized spacial score (nSPS) is 13.7. The number of amides is 1. The summed E-state index contributed by atoms with van der Waals surface area (Å²) in [5.74, 6) is -0.216. The zero-order valence-corrected chi connectivity index (χ0v) is 9.90. The number of hydrogen-bond acceptors (Lipinski definition) is 4. The fourth-order valence-corrected chi connectivity index (χ4v) is 1.60. The summed E-state index contributed by atoms with van der Waals surface area (Å²) in [6.07, 6.45) is 0. The van der Waals surface area contributed by atoms with Crippen LogP contribution < -0.4 is 10.6 Å². The predicted octanol–water partition coefficient (Wildman–Crippen LogP) is 1.45. The minimum atomic E-state index is -0.489. The maximum absolute atomic E-state index is 11.9. The van der Waals surface area contributed by atoms with Gasteiger partial charge in [-0.25, -0.2) is 0 Å². The van der Waals surface area contributed by atoms with Gasteiger partial charge in [-0.3, -0.25) is 14.9 Å². The molecule has 1 aromatic carbocycles. The summed E-state index contributed by atoms with van der Waals surface area (Å²) in [6, 6.07) is 5.90. The molecule has 0 bridgehead atoms. The van der Waals surface area contributed by atoms with Gasteiger partial charge >= 0.3 is 0 Å². The van der Waals surface area contributed by atoms with Crippen LogP contribution in [0.1, 0.15) is 6.92 Å². The highest BCUT2D eigenvalue weighted by Crippen LogP contribution is 2.18. The summed E-state index contributed by atoms with van der Waals surface area (Å²) >= 11 is 0. The molecule has 0 unspecified atom stereocenters. The summed E-state index contributed by atoms with van der Waals surface area (Å²) in [5.41, 5.74) is 2.13. The number of nitro benzene ring substituents is 1. The quantitative estimate of drug-likeness (QED) is 0.481. The molecule has 0 saturated carbocycles. The average Bonchev–Trinajstić information content (AvgIpc) is 2.26. The summed E-state index contributed by atoms with van der Waals surface area (Å²) in [7, 11) is 0. The van der Waals surface area contributed by atoms with Crippen LogP contribution in [0.5, 0.6) is 0 Å². The van der Waals surface area contributed by atoms with E-state index in [0.29, 0.717) is 11.3 Å². The molecule has 18 heavy (non-hydrogen) atoms. The van der Waals surface area contributed by atoms with Gasteiger partial charge in [0.2, 0.25) is 0 Å². The van der Waals surface area contributed by atoms with Crippen molar-refractivity contribution in [3.05, 3.63) is 45.5 Å². The van der Waals surface area contributed by atoms with E-state index in [2.05, 4.69) is 10.6 Å². The first-order valence-corrected chi connectivity index (χ1v) is 5.53. The molecule has 0 atom stereocenters. The van der Waals surface area contributed by atoms with Crippen molar-refractivity contribution in [1.82, 2.24) is 5.32 Å². The summed E-state index contributed by atoms with van der Waals surface area (Å²) in [5, 5.41) is 16.3. The number of carbonyl (C=O) groups excluding carboxylic acids is 1. The van der Waals surface area contributed by atoms with Crippen LogP contribution in [-0.2, 0) is 4.79 Å². The van der Waals surface area contributed by atoms with Gasteiger partial charge in [-0.2, -0.15) is 0 Å². The maximum atomic E-state index is 11.9. The molecule has 2 N–H and O–H groups in total. The lowest BCUT2D eigenvalue weighted by Gasteiger charge is -2.21. The lowest BCUT2D eigenvalue weighted by Crippen LogP contribution is -2.36. The number of benzene rings is 1. The van der Waals surface area contributed by atoms with E-state index >= 15 is 0 Å². The van der Waals surface area contributed by atoms with E-state index in [1.54, 1.807) is 19.1 Å². The lowest BCUT2D eigenvalue weighted by molar-refractivity contribution is -0.384.